The Morgan fingerprint density at radius 1 is 1.14 bits per heavy atom. The van der Waals surface area contributed by atoms with E-state index in [4.69, 9.17) is 14.9 Å². The second-order valence-electron chi connectivity index (χ2n) is 5.04. The molecule has 4 rings (SSSR count). The van der Waals surface area contributed by atoms with E-state index in [2.05, 4.69) is 9.88 Å². The van der Waals surface area contributed by atoms with Crippen LogP contribution in [0.2, 0.25) is 0 Å². The topological polar surface area (TPSA) is 64.5 Å². The van der Waals surface area contributed by atoms with E-state index in [0.717, 1.165) is 29.9 Å². The van der Waals surface area contributed by atoms with Gasteiger partial charge in [-0.15, -0.1) is 0 Å². The zero-order chi connectivity index (χ0) is 14.2. The van der Waals surface area contributed by atoms with Crippen LogP contribution in [-0.2, 0) is 0 Å². The summed E-state index contributed by atoms with van der Waals surface area (Å²) in [6.07, 6.45) is 0.912. The molecule has 0 saturated heterocycles. The van der Waals surface area contributed by atoms with Crippen LogP contribution >= 0.6 is 0 Å². The molecule has 0 saturated carbocycles. The highest BCUT2D eigenvalue weighted by Gasteiger charge is 2.21. The van der Waals surface area contributed by atoms with Gasteiger partial charge in [-0.05, 0) is 30.7 Å². The molecule has 5 nitrogen and oxygen atoms in total. The monoisotopic (exact) mass is 281 g/mol. The maximum Gasteiger partial charge on any atom is 0.303 e. The van der Waals surface area contributed by atoms with E-state index in [9.17, 15) is 0 Å². The van der Waals surface area contributed by atoms with Gasteiger partial charge in [-0.2, -0.15) is 4.98 Å². The van der Waals surface area contributed by atoms with Crippen LogP contribution < -0.4 is 15.4 Å². The molecule has 0 fully saturated rings. The fraction of sp³-hybridized carbons (Fsp3) is 0.188. The van der Waals surface area contributed by atoms with E-state index in [1.807, 2.05) is 36.4 Å². The van der Waals surface area contributed by atoms with Crippen LogP contribution in [-0.4, -0.2) is 18.1 Å². The average Bonchev–Trinajstić information content (AvgIpc) is 2.78. The van der Waals surface area contributed by atoms with Crippen LogP contribution in [0.4, 0.5) is 17.4 Å². The Labute approximate surface area is 121 Å². The van der Waals surface area contributed by atoms with Crippen LogP contribution in [0.25, 0.3) is 11.1 Å². The molecule has 106 valence electrons. The molecular formula is C16H15N3O2. The molecule has 1 aliphatic rings. The molecular weight excluding hydrogens is 266 g/mol. The Balaban J connectivity index is 1.84. The molecule has 0 atom stereocenters. The lowest BCUT2D eigenvalue weighted by molar-refractivity contribution is 0.322. The minimum absolute atomic E-state index is 0.577. The number of rotatable bonds is 1. The van der Waals surface area contributed by atoms with Gasteiger partial charge >= 0.3 is 6.01 Å². The Bertz CT molecular complexity index is 797. The highest BCUT2D eigenvalue weighted by Crippen LogP contribution is 2.36. The number of ether oxygens (including phenoxy) is 1. The number of anilines is 3. The van der Waals surface area contributed by atoms with Crippen molar-refractivity contribution in [1.82, 2.24) is 4.98 Å². The number of nitrogens with two attached hydrogens (primary N) is 1. The summed E-state index contributed by atoms with van der Waals surface area (Å²) < 4.78 is 11.6. The largest absolute Gasteiger partial charge is 0.491 e. The number of hydrogen-bond acceptors (Lipinski definition) is 5. The molecule has 3 aromatic rings. The standard InChI is InChI=1S/C16H15N3O2/c17-11-6-7-12-15(10-11)21-16(18-12)19-8-3-9-20-14-5-2-1-4-13(14)19/h1-2,4-7,10H,3,8-9,17H2. The predicted octanol–water partition coefficient (Wildman–Crippen LogP) is 3.33. The Morgan fingerprint density at radius 2 is 2.05 bits per heavy atom. The van der Waals surface area contributed by atoms with Crippen molar-refractivity contribution in [1.29, 1.82) is 0 Å². The van der Waals surface area contributed by atoms with Gasteiger partial charge in [-0.3, -0.25) is 4.90 Å². The van der Waals surface area contributed by atoms with E-state index in [0.29, 0.717) is 23.9 Å². The summed E-state index contributed by atoms with van der Waals surface area (Å²) in [5, 5.41) is 0. The lowest BCUT2D eigenvalue weighted by Crippen LogP contribution is -2.17. The summed E-state index contributed by atoms with van der Waals surface area (Å²) in [6.45, 7) is 1.50. The first-order valence-electron chi connectivity index (χ1n) is 6.97. The van der Waals surface area contributed by atoms with Crippen molar-refractivity contribution in [2.45, 2.75) is 6.42 Å². The van der Waals surface area contributed by atoms with Crippen molar-refractivity contribution in [3.05, 3.63) is 42.5 Å². The van der Waals surface area contributed by atoms with Crippen molar-refractivity contribution < 1.29 is 9.15 Å². The van der Waals surface area contributed by atoms with Gasteiger partial charge in [0.05, 0.1) is 12.3 Å². The SMILES string of the molecule is Nc1ccc2nc(N3CCCOc4ccccc43)oc2c1. The quantitative estimate of drug-likeness (QED) is 0.693. The maximum absolute atomic E-state index is 5.88. The number of para-hydroxylation sites is 2. The number of fused-ring (bicyclic) bond motifs is 2. The first kappa shape index (κ1) is 12.1. The highest BCUT2D eigenvalue weighted by molar-refractivity contribution is 5.79. The van der Waals surface area contributed by atoms with Crippen LogP contribution in [0.5, 0.6) is 5.75 Å². The van der Waals surface area contributed by atoms with Gasteiger partial charge in [0.2, 0.25) is 0 Å². The molecule has 2 aromatic carbocycles. The zero-order valence-electron chi connectivity index (χ0n) is 11.5. The average molecular weight is 281 g/mol. The number of nitrogens with zero attached hydrogens (tertiary/aromatic N) is 2. The van der Waals surface area contributed by atoms with Gasteiger partial charge in [0.15, 0.2) is 5.58 Å². The second-order valence-corrected chi connectivity index (χ2v) is 5.04. The minimum atomic E-state index is 0.577. The van der Waals surface area contributed by atoms with E-state index in [1.54, 1.807) is 6.07 Å². The van der Waals surface area contributed by atoms with Crippen molar-refractivity contribution in [2.75, 3.05) is 23.8 Å². The molecule has 0 bridgehead atoms. The number of hydrogen-bond donors (Lipinski definition) is 1. The van der Waals surface area contributed by atoms with Crippen LogP contribution in [0.3, 0.4) is 0 Å². The van der Waals surface area contributed by atoms with Crippen molar-refractivity contribution >= 4 is 28.5 Å². The van der Waals surface area contributed by atoms with Crippen LogP contribution in [0.1, 0.15) is 6.42 Å². The van der Waals surface area contributed by atoms with Crippen LogP contribution in [0.15, 0.2) is 46.9 Å². The third-order valence-electron chi connectivity index (χ3n) is 3.57. The first-order chi connectivity index (χ1) is 10.3. The summed E-state index contributed by atoms with van der Waals surface area (Å²) >= 11 is 0. The summed E-state index contributed by atoms with van der Waals surface area (Å²) in [5.41, 5.74) is 8.95. The lowest BCUT2D eigenvalue weighted by atomic mass is 10.2. The molecule has 0 amide bonds. The first-order valence-corrected chi connectivity index (χ1v) is 6.97. The van der Waals surface area contributed by atoms with Gasteiger partial charge < -0.3 is 14.9 Å². The van der Waals surface area contributed by atoms with E-state index < -0.39 is 0 Å². The lowest BCUT2D eigenvalue weighted by Gasteiger charge is -2.19. The summed E-state index contributed by atoms with van der Waals surface area (Å²) in [5.74, 6) is 0.858. The van der Waals surface area contributed by atoms with E-state index >= 15 is 0 Å². The zero-order valence-corrected chi connectivity index (χ0v) is 11.5. The molecule has 2 heterocycles. The molecule has 1 aliphatic heterocycles. The van der Waals surface area contributed by atoms with Crippen molar-refractivity contribution in [3.8, 4) is 5.75 Å². The summed E-state index contributed by atoms with van der Waals surface area (Å²) in [4.78, 5) is 6.62. The highest BCUT2D eigenvalue weighted by atomic mass is 16.5. The fourth-order valence-corrected chi connectivity index (χ4v) is 2.57. The van der Waals surface area contributed by atoms with Gasteiger partial charge in [0, 0.05) is 18.3 Å². The minimum Gasteiger partial charge on any atom is -0.491 e. The molecule has 0 unspecified atom stereocenters. The molecule has 0 spiro atoms. The molecule has 5 heteroatoms. The van der Waals surface area contributed by atoms with E-state index in [1.165, 1.54) is 0 Å². The Kier molecular flexibility index (Phi) is 2.70. The van der Waals surface area contributed by atoms with Gasteiger partial charge in [0.25, 0.3) is 0 Å². The molecule has 1 aromatic heterocycles. The molecule has 21 heavy (non-hydrogen) atoms. The number of benzene rings is 2. The third kappa shape index (κ3) is 2.07. The summed E-state index contributed by atoms with van der Waals surface area (Å²) in [6, 6.07) is 14.0. The maximum atomic E-state index is 5.88. The molecule has 0 aliphatic carbocycles. The summed E-state index contributed by atoms with van der Waals surface area (Å²) in [7, 11) is 0. The number of aromatic nitrogens is 1. The van der Waals surface area contributed by atoms with Gasteiger partial charge in [-0.25, -0.2) is 0 Å². The Morgan fingerprint density at radius 3 is 3.00 bits per heavy atom. The second kappa shape index (κ2) is 4.70. The number of oxazole rings is 1. The fourth-order valence-electron chi connectivity index (χ4n) is 2.57. The van der Waals surface area contributed by atoms with Crippen molar-refractivity contribution in [3.63, 3.8) is 0 Å². The van der Waals surface area contributed by atoms with Gasteiger partial charge in [0.1, 0.15) is 11.3 Å². The van der Waals surface area contributed by atoms with Crippen LogP contribution in [0, 0.1) is 0 Å². The molecule has 2 N–H and O–H groups in total. The Hall–Kier alpha value is -2.69. The molecule has 0 radical (unpaired) electrons. The van der Waals surface area contributed by atoms with E-state index in [-0.39, 0.29) is 0 Å². The predicted molar refractivity (Wildman–Crippen MR) is 82.0 cm³/mol. The van der Waals surface area contributed by atoms with Gasteiger partial charge in [-0.1, -0.05) is 12.1 Å². The van der Waals surface area contributed by atoms with Crippen molar-refractivity contribution in [2.24, 2.45) is 0 Å². The normalized spacial score (nSPS) is 14.6. The number of nitrogen functional groups attached to an aromatic ring is 1. The third-order valence-corrected chi connectivity index (χ3v) is 3.57. The smallest absolute Gasteiger partial charge is 0.303 e.